The Morgan fingerprint density at radius 3 is 2.68 bits per heavy atom. The zero-order valence-electron chi connectivity index (χ0n) is 11.5. The van der Waals surface area contributed by atoms with Crippen molar-refractivity contribution >= 4 is 21.8 Å². The summed E-state index contributed by atoms with van der Waals surface area (Å²) in [5.74, 6) is 0.623. The minimum absolute atomic E-state index is 0.0248. The van der Waals surface area contributed by atoms with E-state index in [1.54, 1.807) is 6.07 Å². The highest BCUT2D eigenvalue weighted by atomic mass is 79.9. The molecule has 1 amide bonds. The highest BCUT2D eigenvalue weighted by molar-refractivity contribution is 9.10. The molecule has 0 spiro atoms. The second-order valence-corrected chi connectivity index (χ2v) is 5.84. The topological polar surface area (TPSA) is 61.4 Å². The Labute approximate surface area is 122 Å². The molecule has 19 heavy (non-hydrogen) atoms. The van der Waals surface area contributed by atoms with Crippen LogP contribution in [0.15, 0.2) is 22.7 Å². The molecule has 4 nitrogen and oxygen atoms in total. The van der Waals surface area contributed by atoms with E-state index in [0.29, 0.717) is 23.5 Å². The van der Waals surface area contributed by atoms with Crippen LogP contribution in [0.4, 0.5) is 0 Å². The van der Waals surface area contributed by atoms with E-state index in [-0.39, 0.29) is 17.7 Å². The number of phenolic OH excluding ortho intramolecular Hbond substituents is 1. The maximum atomic E-state index is 11.8. The standard InChI is InChI=1S/C14H21BrN2O2/c1-9(2)7-17-14(19)10(3)16-8-11-5-4-6-12(15)13(11)18/h4-6,9-10,16,18H,7-8H2,1-3H3,(H,17,19). The summed E-state index contributed by atoms with van der Waals surface area (Å²) in [4.78, 5) is 11.8. The van der Waals surface area contributed by atoms with Gasteiger partial charge in [0.15, 0.2) is 0 Å². The average molecular weight is 329 g/mol. The van der Waals surface area contributed by atoms with Gasteiger partial charge in [0.1, 0.15) is 5.75 Å². The molecule has 1 aromatic carbocycles. The molecule has 0 aliphatic rings. The predicted octanol–water partition coefficient (Wildman–Crippen LogP) is 2.41. The molecule has 0 radical (unpaired) electrons. The van der Waals surface area contributed by atoms with Crippen molar-refractivity contribution in [1.29, 1.82) is 0 Å². The maximum Gasteiger partial charge on any atom is 0.236 e. The summed E-state index contributed by atoms with van der Waals surface area (Å²) in [6, 6.07) is 5.16. The Morgan fingerprint density at radius 1 is 1.37 bits per heavy atom. The van der Waals surface area contributed by atoms with E-state index >= 15 is 0 Å². The Morgan fingerprint density at radius 2 is 2.05 bits per heavy atom. The van der Waals surface area contributed by atoms with Gasteiger partial charge in [-0.15, -0.1) is 0 Å². The normalized spacial score (nSPS) is 12.5. The van der Waals surface area contributed by atoms with Crippen LogP contribution in [-0.4, -0.2) is 23.6 Å². The first kappa shape index (κ1) is 16.0. The molecule has 1 unspecified atom stereocenters. The van der Waals surface area contributed by atoms with Crippen molar-refractivity contribution in [2.45, 2.75) is 33.4 Å². The third-order valence-corrected chi connectivity index (χ3v) is 3.39. The first-order valence-corrected chi connectivity index (χ1v) is 7.18. The van der Waals surface area contributed by atoms with E-state index in [9.17, 15) is 9.90 Å². The molecule has 1 atom stereocenters. The number of rotatable bonds is 6. The van der Waals surface area contributed by atoms with Crippen LogP contribution in [0.1, 0.15) is 26.3 Å². The number of aromatic hydroxyl groups is 1. The molecule has 0 aliphatic carbocycles. The largest absolute Gasteiger partial charge is 0.506 e. The number of hydrogen-bond donors (Lipinski definition) is 3. The summed E-state index contributed by atoms with van der Waals surface area (Å²) in [6.07, 6.45) is 0. The van der Waals surface area contributed by atoms with Crippen molar-refractivity contribution in [2.75, 3.05) is 6.54 Å². The monoisotopic (exact) mass is 328 g/mol. The lowest BCUT2D eigenvalue weighted by Gasteiger charge is -2.15. The fourth-order valence-corrected chi connectivity index (χ4v) is 1.92. The molecule has 0 saturated carbocycles. The quantitative estimate of drug-likeness (QED) is 0.751. The number of para-hydroxylation sites is 1. The Balaban J connectivity index is 2.47. The van der Waals surface area contributed by atoms with Crippen molar-refractivity contribution in [3.8, 4) is 5.75 Å². The van der Waals surface area contributed by atoms with Crippen molar-refractivity contribution in [3.63, 3.8) is 0 Å². The van der Waals surface area contributed by atoms with Gasteiger partial charge in [-0.25, -0.2) is 0 Å². The van der Waals surface area contributed by atoms with Gasteiger partial charge in [0.25, 0.3) is 0 Å². The summed E-state index contributed by atoms with van der Waals surface area (Å²) in [5, 5.41) is 15.8. The van der Waals surface area contributed by atoms with E-state index < -0.39 is 0 Å². The fourth-order valence-electron chi connectivity index (χ4n) is 1.52. The molecule has 0 saturated heterocycles. The lowest BCUT2D eigenvalue weighted by Crippen LogP contribution is -2.42. The van der Waals surface area contributed by atoms with Crippen LogP contribution < -0.4 is 10.6 Å². The number of carbonyl (C=O) groups excluding carboxylic acids is 1. The Hall–Kier alpha value is -1.07. The molecule has 0 fully saturated rings. The molecule has 1 aromatic rings. The Kier molecular flexibility index (Phi) is 6.31. The smallest absolute Gasteiger partial charge is 0.236 e. The lowest BCUT2D eigenvalue weighted by atomic mass is 10.2. The maximum absolute atomic E-state index is 11.8. The third kappa shape index (κ3) is 5.20. The van der Waals surface area contributed by atoms with E-state index in [1.807, 2.05) is 19.1 Å². The number of hydrogen-bond acceptors (Lipinski definition) is 3. The SMILES string of the molecule is CC(C)CNC(=O)C(C)NCc1cccc(Br)c1O. The van der Waals surface area contributed by atoms with Crippen molar-refractivity contribution in [3.05, 3.63) is 28.2 Å². The first-order valence-electron chi connectivity index (χ1n) is 6.39. The van der Waals surface area contributed by atoms with Gasteiger partial charge < -0.3 is 15.7 Å². The molecule has 0 aromatic heterocycles. The van der Waals surface area contributed by atoms with Gasteiger partial charge in [0, 0.05) is 18.7 Å². The zero-order chi connectivity index (χ0) is 14.4. The molecule has 0 aliphatic heterocycles. The van der Waals surface area contributed by atoms with Gasteiger partial charge >= 0.3 is 0 Å². The van der Waals surface area contributed by atoms with Gasteiger partial charge in [-0.05, 0) is 34.8 Å². The van der Waals surface area contributed by atoms with Crippen LogP contribution >= 0.6 is 15.9 Å². The molecule has 106 valence electrons. The minimum Gasteiger partial charge on any atom is -0.506 e. The van der Waals surface area contributed by atoms with Crippen LogP contribution in [0.5, 0.6) is 5.75 Å². The van der Waals surface area contributed by atoms with Gasteiger partial charge in [0.05, 0.1) is 10.5 Å². The second kappa shape index (κ2) is 7.50. The van der Waals surface area contributed by atoms with Crippen LogP contribution in [-0.2, 0) is 11.3 Å². The molecule has 3 N–H and O–H groups in total. The number of amides is 1. The van der Waals surface area contributed by atoms with E-state index in [4.69, 9.17) is 0 Å². The van der Waals surface area contributed by atoms with Crippen LogP contribution in [0.25, 0.3) is 0 Å². The van der Waals surface area contributed by atoms with Gasteiger partial charge in [-0.2, -0.15) is 0 Å². The van der Waals surface area contributed by atoms with Gasteiger partial charge in [-0.3, -0.25) is 4.79 Å². The predicted molar refractivity (Wildman–Crippen MR) is 80.0 cm³/mol. The summed E-state index contributed by atoms with van der Waals surface area (Å²) in [7, 11) is 0. The Bertz CT molecular complexity index is 435. The summed E-state index contributed by atoms with van der Waals surface area (Å²) < 4.78 is 0.656. The minimum atomic E-state index is -0.294. The van der Waals surface area contributed by atoms with Crippen molar-refractivity contribution < 1.29 is 9.90 Å². The summed E-state index contributed by atoms with van der Waals surface area (Å²) in [6.45, 7) is 7.04. The number of phenols is 1. The first-order chi connectivity index (χ1) is 8.91. The van der Waals surface area contributed by atoms with Crippen molar-refractivity contribution in [1.82, 2.24) is 10.6 Å². The fraction of sp³-hybridized carbons (Fsp3) is 0.500. The zero-order valence-corrected chi connectivity index (χ0v) is 13.1. The van der Waals surface area contributed by atoms with Crippen LogP contribution in [0.2, 0.25) is 0 Å². The lowest BCUT2D eigenvalue weighted by molar-refractivity contribution is -0.122. The number of nitrogens with one attached hydrogen (secondary N) is 2. The molecular formula is C14H21BrN2O2. The highest BCUT2D eigenvalue weighted by Crippen LogP contribution is 2.27. The average Bonchev–Trinajstić information content (AvgIpc) is 2.37. The molecule has 5 heteroatoms. The number of halogens is 1. The molecule has 1 rings (SSSR count). The molecular weight excluding hydrogens is 308 g/mol. The van der Waals surface area contributed by atoms with E-state index in [1.165, 1.54) is 0 Å². The van der Waals surface area contributed by atoms with Gasteiger partial charge in [0.2, 0.25) is 5.91 Å². The number of carbonyl (C=O) groups is 1. The van der Waals surface area contributed by atoms with Crippen LogP contribution in [0.3, 0.4) is 0 Å². The second-order valence-electron chi connectivity index (χ2n) is 4.99. The van der Waals surface area contributed by atoms with E-state index in [2.05, 4.69) is 40.4 Å². The summed E-state index contributed by atoms with van der Waals surface area (Å²) >= 11 is 3.27. The molecule has 0 heterocycles. The summed E-state index contributed by atoms with van der Waals surface area (Å²) in [5.41, 5.74) is 0.762. The highest BCUT2D eigenvalue weighted by Gasteiger charge is 2.13. The van der Waals surface area contributed by atoms with Gasteiger partial charge in [-0.1, -0.05) is 26.0 Å². The van der Waals surface area contributed by atoms with Crippen LogP contribution in [0, 0.1) is 5.92 Å². The third-order valence-electron chi connectivity index (χ3n) is 2.75. The van der Waals surface area contributed by atoms with E-state index in [0.717, 1.165) is 5.56 Å². The number of benzene rings is 1. The van der Waals surface area contributed by atoms with Crippen molar-refractivity contribution in [2.24, 2.45) is 5.92 Å². The molecule has 0 bridgehead atoms.